The van der Waals surface area contributed by atoms with E-state index >= 15 is 0 Å². The summed E-state index contributed by atoms with van der Waals surface area (Å²) in [6.45, 7) is 8.12. The normalized spacial score (nSPS) is 10.8. The monoisotopic (exact) mass is 271 g/mol. The first-order valence-corrected chi connectivity index (χ1v) is 7.18. The number of hydrogen-bond donors (Lipinski definition) is 1. The maximum atomic E-state index is 13.2. The van der Waals surface area contributed by atoms with Gasteiger partial charge in [-0.2, -0.15) is 0 Å². The Bertz CT molecular complexity index is 590. The van der Waals surface area contributed by atoms with Crippen molar-refractivity contribution in [3.05, 3.63) is 58.9 Å². The maximum Gasteiger partial charge on any atom is 0.123 e. The number of benzene rings is 2. The Balaban J connectivity index is 2.32. The van der Waals surface area contributed by atoms with Crippen LogP contribution in [-0.2, 0) is 6.54 Å². The molecule has 106 valence electrons. The quantitative estimate of drug-likeness (QED) is 0.783. The fraction of sp³-hybridized carbons (Fsp3) is 0.333. The van der Waals surface area contributed by atoms with Crippen LogP contribution in [0, 0.1) is 19.7 Å². The first-order chi connectivity index (χ1) is 9.61. The molecule has 2 rings (SSSR count). The second-order valence-electron chi connectivity index (χ2n) is 5.29. The summed E-state index contributed by atoms with van der Waals surface area (Å²) in [7, 11) is 0. The molecule has 0 aromatic heterocycles. The summed E-state index contributed by atoms with van der Waals surface area (Å²) in [5.74, 6) is -0.176. The van der Waals surface area contributed by atoms with Gasteiger partial charge in [-0.25, -0.2) is 4.39 Å². The minimum absolute atomic E-state index is 0.176. The molecular formula is C18H22FN. The summed E-state index contributed by atoms with van der Waals surface area (Å²) < 4.78 is 13.2. The highest BCUT2D eigenvalue weighted by atomic mass is 19.1. The van der Waals surface area contributed by atoms with Gasteiger partial charge in [0.1, 0.15) is 5.82 Å². The zero-order valence-electron chi connectivity index (χ0n) is 12.5. The fourth-order valence-corrected chi connectivity index (χ4v) is 2.41. The summed E-state index contributed by atoms with van der Waals surface area (Å²) in [4.78, 5) is 0. The van der Waals surface area contributed by atoms with E-state index in [0.29, 0.717) is 0 Å². The van der Waals surface area contributed by atoms with Crippen molar-refractivity contribution in [2.45, 2.75) is 33.7 Å². The molecule has 0 saturated carbocycles. The predicted molar refractivity (Wildman–Crippen MR) is 83.3 cm³/mol. The summed E-state index contributed by atoms with van der Waals surface area (Å²) in [5.41, 5.74) is 5.77. The van der Waals surface area contributed by atoms with Gasteiger partial charge in [-0.05, 0) is 72.8 Å². The largest absolute Gasteiger partial charge is 0.313 e. The van der Waals surface area contributed by atoms with Crippen molar-refractivity contribution in [3.8, 4) is 11.1 Å². The van der Waals surface area contributed by atoms with E-state index in [2.05, 4.69) is 37.4 Å². The van der Waals surface area contributed by atoms with Gasteiger partial charge in [0.2, 0.25) is 0 Å². The molecule has 1 nitrogen and oxygen atoms in total. The van der Waals surface area contributed by atoms with Crippen LogP contribution in [0.4, 0.5) is 4.39 Å². The second-order valence-corrected chi connectivity index (χ2v) is 5.29. The Kier molecular flexibility index (Phi) is 4.91. The van der Waals surface area contributed by atoms with Crippen LogP contribution in [0.2, 0.25) is 0 Å². The van der Waals surface area contributed by atoms with Crippen LogP contribution in [0.1, 0.15) is 30.0 Å². The molecule has 0 aliphatic rings. The van der Waals surface area contributed by atoms with E-state index in [1.54, 1.807) is 6.07 Å². The number of aryl methyl sites for hydroxylation is 2. The molecule has 0 saturated heterocycles. The zero-order chi connectivity index (χ0) is 14.5. The van der Waals surface area contributed by atoms with Crippen molar-refractivity contribution in [1.82, 2.24) is 5.32 Å². The van der Waals surface area contributed by atoms with Gasteiger partial charge in [-0.1, -0.05) is 25.1 Å². The van der Waals surface area contributed by atoms with Crippen LogP contribution in [-0.4, -0.2) is 6.54 Å². The molecule has 0 spiro atoms. The van der Waals surface area contributed by atoms with Crippen molar-refractivity contribution in [2.75, 3.05) is 6.54 Å². The highest BCUT2D eigenvalue weighted by Gasteiger charge is 2.07. The highest BCUT2D eigenvalue weighted by Crippen LogP contribution is 2.28. The van der Waals surface area contributed by atoms with Gasteiger partial charge in [0, 0.05) is 6.54 Å². The van der Waals surface area contributed by atoms with E-state index in [4.69, 9.17) is 0 Å². The van der Waals surface area contributed by atoms with Gasteiger partial charge >= 0.3 is 0 Å². The van der Waals surface area contributed by atoms with Crippen LogP contribution in [0.25, 0.3) is 11.1 Å². The van der Waals surface area contributed by atoms with Crippen LogP contribution in [0.5, 0.6) is 0 Å². The van der Waals surface area contributed by atoms with Gasteiger partial charge in [0.15, 0.2) is 0 Å². The van der Waals surface area contributed by atoms with Crippen LogP contribution in [0.3, 0.4) is 0 Å². The standard InChI is InChI=1S/C18H22FN/c1-4-9-20-12-15-6-5-13(2)18(11-15)17-8-7-16(19)10-14(17)3/h5-8,10-11,20H,4,9,12H2,1-3H3. The first kappa shape index (κ1) is 14.7. The molecule has 0 unspecified atom stereocenters. The van der Waals surface area contributed by atoms with Crippen LogP contribution in [0.15, 0.2) is 36.4 Å². The molecule has 0 fully saturated rings. The lowest BCUT2D eigenvalue weighted by atomic mass is 9.95. The lowest BCUT2D eigenvalue weighted by Gasteiger charge is -2.12. The van der Waals surface area contributed by atoms with Gasteiger partial charge < -0.3 is 5.32 Å². The van der Waals surface area contributed by atoms with E-state index in [9.17, 15) is 4.39 Å². The van der Waals surface area contributed by atoms with Gasteiger partial charge in [-0.3, -0.25) is 0 Å². The van der Waals surface area contributed by atoms with Crippen molar-refractivity contribution >= 4 is 0 Å². The fourth-order valence-electron chi connectivity index (χ4n) is 2.41. The average molecular weight is 271 g/mol. The summed E-state index contributed by atoms with van der Waals surface area (Å²) in [5, 5.41) is 3.41. The SMILES string of the molecule is CCCNCc1ccc(C)c(-c2ccc(F)cc2C)c1. The minimum atomic E-state index is -0.176. The van der Waals surface area contributed by atoms with Gasteiger partial charge in [-0.15, -0.1) is 0 Å². The van der Waals surface area contributed by atoms with Gasteiger partial charge in [0.25, 0.3) is 0 Å². The zero-order valence-corrected chi connectivity index (χ0v) is 12.5. The van der Waals surface area contributed by atoms with E-state index in [1.807, 2.05) is 13.0 Å². The lowest BCUT2D eigenvalue weighted by Crippen LogP contribution is -2.13. The average Bonchev–Trinajstić information content (AvgIpc) is 2.41. The van der Waals surface area contributed by atoms with Crippen molar-refractivity contribution in [3.63, 3.8) is 0 Å². The molecule has 0 bridgehead atoms. The lowest BCUT2D eigenvalue weighted by molar-refractivity contribution is 0.627. The third-order valence-corrected chi connectivity index (χ3v) is 3.54. The molecular weight excluding hydrogens is 249 g/mol. The summed E-state index contributed by atoms with van der Waals surface area (Å²) in [6, 6.07) is 11.5. The molecule has 20 heavy (non-hydrogen) atoms. The first-order valence-electron chi connectivity index (χ1n) is 7.18. The number of hydrogen-bond acceptors (Lipinski definition) is 1. The van der Waals surface area contributed by atoms with Crippen molar-refractivity contribution in [1.29, 1.82) is 0 Å². The van der Waals surface area contributed by atoms with E-state index < -0.39 is 0 Å². The molecule has 0 heterocycles. The van der Waals surface area contributed by atoms with Gasteiger partial charge in [0.05, 0.1) is 0 Å². The van der Waals surface area contributed by atoms with Crippen molar-refractivity contribution < 1.29 is 4.39 Å². The molecule has 2 aromatic carbocycles. The second kappa shape index (κ2) is 6.67. The summed E-state index contributed by atoms with van der Waals surface area (Å²) in [6.07, 6.45) is 1.13. The Morgan fingerprint density at radius 3 is 2.45 bits per heavy atom. The Hall–Kier alpha value is -1.67. The summed E-state index contributed by atoms with van der Waals surface area (Å²) >= 11 is 0. The Labute approximate surface area is 120 Å². The molecule has 0 radical (unpaired) electrons. The molecule has 0 amide bonds. The molecule has 2 aromatic rings. The third-order valence-electron chi connectivity index (χ3n) is 3.54. The molecule has 1 N–H and O–H groups in total. The molecule has 0 aliphatic carbocycles. The van der Waals surface area contributed by atoms with E-state index in [0.717, 1.165) is 30.6 Å². The van der Waals surface area contributed by atoms with Crippen molar-refractivity contribution in [2.24, 2.45) is 0 Å². The topological polar surface area (TPSA) is 12.0 Å². The number of rotatable bonds is 5. The molecule has 2 heteroatoms. The molecule has 0 atom stereocenters. The van der Waals surface area contributed by atoms with E-state index in [1.165, 1.54) is 22.8 Å². The Morgan fingerprint density at radius 1 is 0.950 bits per heavy atom. The Morgan fingerprint density at radius 2 is 1.75 bits per heavy atom. The number of halogens is 1. The molecule has 0 aliphatic heterocycles. The maximum absolute atomic E-state index is 13.2. The van der Waals surface area contributed by atoms with E-state index in [-0.39, 0.29) is 5.82 Å². The van der Waals surface area contributed by atoms with Crippen LogP contribution < -0.4 is 5.32 Å². The number of nitrogens with one attached hydrogen (secondary N) is 1. The third kappa shape index (κ3) is 3.45. The highest BCUT2D eigenvalue weighted by molar-refractivity contribution is 5.71. The smallest absolute Gasteiger partial charge is 0.123 e. The van der Waals surface area contributed by atoms with Crippen LogP contribution >= 0.6 is 0 Å². The predicted octanol–water partition coefficient (Wildman–Crippen LogP) is 4.61. The minimum Gasteiger partial charge on any atom is -0.313 e.